The molecule has 4 N–H and O–H groups in total. The second-order valence-electron chi connectivity index (χ2n) is 4.74. The summed E-state index contributed by atoms with van der Waals surface area (Å²) in [6.45, 7) is 0. The minimum absolute atomic E-state index is 0.154. The molecule has 0 saturated carbocycles. The van der Waals surface area contributed by atoms with Crippen molar-refractivity contribution in [2.45, 2.75) is 12.5 Å². The quantitative estimate of drug-likeness (QED) is 0.775. The molecule has 0 aliphatic carbocycles. The summed E-state index contributed by atoms with van der Waals surface area (Å²) < 4.78 is 15.4. The normalized spacial score (nSPS) is 11.7. The van der Waals surface area contributed by atoms with Crippen LogP contribution in [0.5, 0.6) is 0 Å². The topological polar surface area (TPSA) is 102 Å². The molecule has 1 aromatic heterocycles. The maximum atomic E-state index is 13.8. The fourth-order valence-corrected chi connectivity index (χ4v) is 2.05. The van der Waals surface area contributed by atoms with E-state index in [0.717, 1.165) is 0 Å². The van der Waals surface area contributed by atoms with E-state index >= 15 is 0 Å². The van der Waals surface area contributed by atoms with Crippen LogP contribution in [0.25, 0.3) is 0 Å². The van der Waals surface area contributed by atoms with Gasteiger partial charge in [0, 0.05) is 18.8 Å². The molecule has 1 atom stereocenters. The Morgan fingerprint density at radius 3 is 2.73 bits per heavy atom. The number of nitrogens with zero attached hydrogens (tertiary/aromatic N) is 2. The van der Waals surface area contributed by atoms with E-state index in [4.69, 9.17) is 5.73 Å². The summed E-state index contributed by atoms with van der Waals surface area (Å²) in [5, 5.41) is 8.92. The maximum absolute atomic E-state index is 13.8. The predicted molar refractivity (Wildman–Crippen MR) is 78.3 cm³/mol. The van der Waals surface area contributed by atoms with Crippen LogP contribution < -0.4 is 16.4 Å². The Morgan fingerprint density at radius 2 is 2.14 bits per heavy atom. The molecule has 0 saturated heterocycles. The van der Waals surface area contributed by atoms with E-state index in [0.29, 0.717) is 5.69 Å². The van der Waals surface area contributed by atoms with Crippen molar-refractivity contribution < 1.29 is 14.0 Å². The number of nitrogens with one attached hydrogen (secondary N) is 2. The van der Waals surface area contributed by atoms with Crippen molar-refractivity contribution in [1.82, 2.24) is 15.1 Å². The summed E-state index contributed by atoms with van der Waals surface area (Å²) >= 11 is 0. The fourth-order valence-electron chi connectivity index (χ4n) is 2.05. The van der Waals surface area contributed by atoms with Gasteiger partial charge in [-0.2, -0.15) is 5.10 Å². The van der Waals surface area contributed by atoms with Crippen LogP contribution in [0.4, 0.5) is 14.9 Å². The number of aryl methyl sites for hydroxylation is 1. The van der Waals surface area contributed by atoms with Crippen molar-refractivity contribution in [1.29, 1.82) is 0 Å². The molecule has 0 bridgehead atoms. The number of urea groups is 1. The Morgan fingerprint density at radius 1 is 1.41 bits per heavy atom. The molecular formula is C14H16FN5O2. The van der Waals surface area contributed by atoms with Crippen molar-refractivity contribution in [3.8, 4) is 0 Å². The lowest BCUT2D eigenvalue weighted by atomic mass is 10.0. The van der Waals surface area contributed by atoms with Crippen LogP contribution in [0, 0.1) is 5.82 Å². The number of anilines is 1. The summed E-state index contributed by atoms with van der Waals surface area (Å²) in [6, 6.07) is 4.21. The van der Waals surface area contributed by atoms with Gasteiger partial charge in [-0.25, -0.2) is 9.18 Å². The number of nitrogens with two attached hydrogens (primary N) is 1. The van der Waals surface area contributed by atoms with Crippen LogP contribution in [0.2, 0.25) is 0 Å². The SMILES string of the molecule is Cn1cc(NC(=O)C[C@H](NC(N)=O)c2ccccc2F)cn1. The molecule has 3 amide bonds. The Balaban J connectivity index is 2.11. The molecule has 0 aliphatic rings. The van der Waals surface area contributed by atoms with Gasteiger partial charge in [-0.1, -0.05) is 18.2 Å². The summed E-state index contributed by atoms with van der Waals surface area (Å²) in [4.78, 5) is 23.1. The Labute approximate surface area is 126 Å². The Bertz CT molecular complexity index is 685. The van der Waals surface area contributed by atoms with Crippen LogP contribution in [0.3, 0.4) is 0 Å². The van der Waals surface area contributed by atoms with Gasteiger partial charge >= 0.3 is 6.03 Å². The molecule has 2 rings (SSSR count). The van der Waals surface area contributed by atoms with Crippen LogP contribution >= 0.6 is 0 Å². The molecule has 7 nitrogen and oxygen atoms in total. The highest BCUT2D eigenvalue weighted by atomic mass is 19.1. The average molecular weight is 305 g/mol. The Hall–Kier alpha value is -2.90. The summed E-state index contributed by atoms with van der Waals surface area (Å²) in [7, 11) is 1.71. The minimum atomic E-state index is -0.852. The molecule has 0 fully saturated rings. The fraction of sp³-hybridized carbons (Fsp3) is 0.214. The zero-order chi connectivity index (χ0) is 16.1. The molecule has 0 spiro atoms. The highest BCUT2D eigenvalue weighted by molar-refractivity contribution is 5.91. The van der Waals surface area contributed by atoms with Gasteiger partial charge < -0.3 is 16.4 Å². The first kappa shape index (κ1) is 15.5. The first-order valence-electron chi connectivity index (χ1n) is 6.54. The number of amides is 3. The van der Waals surface area contributed by atoms with Gasteiger partial charge in [0.15, 0.2) is 0 Å². The highest BCUT2D eigenvalue weighted by Gasteiger charge is 2.20. The molecule has 0 unspecified atom stereocenters. The number of halogens is 1. The molecule has 8 heteroatoms. The maximum Gasteiger partial charge on any atom is 0.312 e. The second-order valence-corrected chi connectivity index (χ2v) is 4.74. The predicted octanol–water partition coefficient (Wildman–Crippen LogP) is 1.30. The third-order valence-electron chi connectivity index (χ3n) is 2.98. The van der Waals surface area contributed by atoms with Gasteiger partial charge in [-0.3, -0.25) is 9.48 Å². The number of benzene rings is 1. The lowest BCUT2D eigenvalue weighted by Gasteiger charge is -2.18. The minimum Gasteiger partial charge on any atom is -0.352 e. The van der Waals surface area contributed by atoms with Gasteiger partial charge in [-0.15, -0.1) is 0 Å². The monoisotopic (exact) mass is 305 g/mol. The van der Waals surface area contributed by atoms with E-state index in [1.807, 2.05) is 0 Å². The number of rotatable bonds is 5. The molecule has 0 aliphatic heterocycles. The van der Waals surface area contributed by atoms with Gasteiger partial charge in [0.2, 0.25) is 5.91 Å². The Kier molecular flexibility index (Phi) is 4.72. The number of carbonyl (C=O) groups excluding carboxylic acids is 2. The second kappa shape index (κ2) is 6.70. The number of aromatic nitrogens is 2. The third kappa shape index (κ3) is 4.05. The zero-order valence-corrected chi connectivity index (χ0v) is 11.9. The van der Waals surface area contributed by atoms with Gasteiger partial charge in [0.25, 0.3) is 0 Å². The molecule has 22 heavy (non-hydrogen) atoms. The summed E-state index contributed by atoms with van der Waals surface area (Å²) in [5.41, 5.74) is 5.80. The lowest BCUT2D eigenvalue weighted by molar-refractivity contribution is -0.116. The van der Waals surface area contributed by atoms with E-state index in [-0.39, 0.29) is 12.0 Å². The molecule has 1 heterocycles. The van der Waals surface area contributed by atoms with Gasteiger partial charge in [0.05, 0.1) is 24.3 Å². The van der Waals surface area contributed by atoms with E-state index in [1.54, 1.807) is 19.3 Å². The standard InChI is InChI=1S/C14H16FN5O2/c1-20-8-9(7-17-20)18-13(21)6-12(19-14(16)22)10-4-2-3-5-11(10)15/h2-5,7-8,12H,6H2,1H3,(H,18,21)(H3,16,19,22)/t12-/m0/s1. The van der Waals surface area contributed by atoms with Crippen LogP contribution in [-0.2, 0) is 11.8 Å². The van der Waals surface area contributed by atoms with Crippen molar-refractivity contribution in [2.24, 2.45) is 12.8 Å². The third-order valence-corrected chi connectivity index (χ3v) is 2.98. The van der Waals surface area contributed by atoms with Crippen molar-refractivity contribution in [3.05, 3.63) is 48.0 Å². The smallest absolute Gasteiger partial charge is 0.312 e. The number of carbonyl (C=O) groups is 2. The van der Waals surface area contributed by atoms with Crippen LogP contribution in [0.1, 0.15) is 18.0 Å². The van der Waals surface area contributed by atoms with Crippen LogP contribution in [0.15, 0.2) is 36.7 Å². The highest BCUT2D eigenvalue weighted by Crippen LogP contribution is 2.20. The summed E-state index contributed by atoms with van der Waals surface area (Å²) in [6.07, 6.45) is 2.95. The van der Waals surface area contributed by atoms with Gasteiger partial charge in [-0.05, 0) is 6.07 Å². The van der Waals surface area contributed by atoms with Crippen molar-refractivity contribution in [3.63, 3.8) is 0 Å². The zero-order valence-electron chi connectivity index (χ0n) is 11.9. The van der Waals surface area contributed by atoms with E-state index in [1.165, 1.54) is 29.1 Å². The van der Waals surface area contributed by atoms with E-state index in [2.05, 4.69) is 15.7 Å². The number of primary amides is 1. The van der Waals surface area contributed by atoms with Gasteiger partial charge in [0.1, 0.15) is 5.82 Å². The number of hydrogen-bond donors (Lipinski definition) is 3. The van der Waals surface area contributed by atoms with Crippen molar-refractivity contribution in [2.75, 3.05) is 5.32 Å². The molecular weight excluding hydrogens is 289 g/mol. The first-order valence-corrected chi connectivity index (χ1v) is 6.54. The largest absolute Gasteiger partial charge is 0.352 e. The first-order chi connectivity index (χ1) is 10.5. The molecule has 1 aromatic carbocycles. The molecule has 116 valence electrons. The molecule has 0 radical (unpaired) electrons. The average Bonchev–Trinajstić information content (AvgIpc) is 2.83. The van der Waals surface area contributed by atoms with E-state index in [9.17, 15) is 14.0 Å². The molecule has 2 aromatic rings. The lowest BCUT2D eigenvalue weighted by Crippen LogP contribution is -2.35. The van der Waals surface area contributed by atoms with Crippen LogP contribution in [-0.4, -0.2) is 21.7 Å². The van der Waals surface area contributed by atoms with E-state index < -0.39 is 23.8 Å². The summed E-state index contributed by atoms with van der Waals surface area (Å²) in [5.74, 6) is -0.912. The van der Waals surface area contributed by atoms with Crippen molar-refractivity contribution >= 4 is 17.6 Å². The number of hydrogen-bond acceptors (Lipinski definition) is 3.